The largest absolute Gasteiger partial charge is 0.0732 e. The van der Waals surface area contributed by atoms with Gasteiger partial charge in [-0.25, -0.2) is 0 Å². The molecule has 0 heterocycles. The van der Waals surface area contributed by atoms with Gasteiger partial charge in [0.25, 0.3) is 0 Å². The molecule has 0 N–H and O–H groups in total. The lowest BCUT2D eigenvalue weighted by molar-refractivity contribution is 1.01. The Morgan fingerprint density at radius 2 is 1.21 bits per heavy atom. The first-order valence-corrected chi connectivity index (χ1v) is 11.0. The molecule has 1 atom stereocenters. The highest BCUT2D eigenvalue weighted by Gasteiger charge is 2.28. The van der Waals surface area contributed by atoms with Crippen LogP contribution in [0, 0.1) is 5.92 Å². The van der Waals surface area contributed by atoms with Gasteiger partial charge in [-0.2, -0.15) is 0 Å². The number of allylic oxidation sites excluding steroid dienone is 6. The highest BCUT2D eigenvalue weighted by molar-refractivity contribution is 7.82. The molecule has 2 aliphatic rings. The first-order valence-electron chi connectivity index (χ1n) is 9.69. The molecule has 0 fully saturated rings. The zero-order chi connectivity index (χ0) is 18.8. The molecular formula is C27H21P. The summed E-state index contributed by atoms with van der Waals surface area (Å²) in [6, 6.07) is 30.8. The van der Waals surface area contributed by atoms with Crippen molar-refractivity contribution in [2.45, 2.75) is 0 Å². The van der Waals surface area contributed by atoms with E-state index in [9.17, 15) is 0 Å². The summed E-state index contributed by atoms with van der Waals surface area (Å²) < 4.78 is 0. The van der Waals surface area contributed by atoms with Crippen molar-refractivity contribution in [2.24, 2.45) is 5.92 Å². The van der Waals surface area contributed by atoms with Crippen molar-refractivity contribution in [1.29, 1.82) is 0 Å². The number of fused-ring (bicyclic) bond motifs is 2. The molecule has 2 aliphatic carbocycles. The lowest BCUT2D eigenvalue weighted by atomic mass is 9.94. The minimum Gasteiger partial charge on any atom is -0.0732 e. The summed E-state index contributed by atoms with van der Waals surface area (Å²) in [4.78, 5) is 0. The third kappa shape index (κ3) is 3.11. The Labute approximate surface area is 168 Å². The van der Waals surface area contributed by atoms with Gasteiger partial charge in [-0.1, -0.05) is 121 Å². The predicted molar refractivity (Wildman–Crippen MR) is 123 cm³/mol. The van der Waals surface area contributed by atoms with Gasteiger partial charge in [-0.3, -0.25) is 0 Å². The van der Waals surface area contributed by atoms with Gasteiger partial charge in [0.15, 0.2) is 0 Å². The highest BCUT2D eigenvalue weighted by atomic mass is 31.1. The van der Waals surface area contributed by atoms with Gasteiger partial charge in [0, 0.05) is 5.92 Å². The van der Waals surface area contributed by atoms with Crippen molar-refractivity contribution in [2.75, 3.05) is 0 Å². The number of hydrogen-bond donors (Lipinski definition) is 0. The van der Waals surface area contributed by atoms with Gasteiger partial charge in [0.2, 0.25) is 0 Å². The van der Waals surface area contributed by atoms with Crippen LogP contribution in [0.4, 0.5) is 0 Å². The lowest BCUT2D eigenvalue weighted by Crippen LogP contribution is -2.15. The third-order valence-corrected chi connectivity index (χ3v) is 7.86. The van der Waals surface area contributed by atoms with Gasteiger partial charge in [-0.15, -0.1) is 0 Å². The average Bonchev–Trinajstić information content (AvgIpc) is 2.93. The summed E-state index contributed by atoms with van der Waals surface area (Å²) in [5.74, 6) is 0.324. The second-order valence-corrected chi connectivity index (χ2v) is 9.18. The van der Waals surface area contributed by atoms with E-state index in [1.165, 1.54) is 32.6 Å². The second kappa shape index (κ2) is 7.58. The SMILES string of the molecule is C1=CC2=C(P(c3ccccc3)c3ccccc3)c3ccccc3C=CC2C=C1. The van der Waals surface area contributed by atoms with E-state index in [4.69, 9.17) is 0 Å². The van der Waals surface area contributed by atoms with Crippen LogP contribution in [0.5, 0.6) is 0 Å². The number of benzene rings is 3. The zero-order valence-corrected chi connectivity index (χ0v) is 16.5. The van der Waals surface area contributed by atoms with Crippen molar-refractivity contribution in [3.8, 4) is 0 Å². The van der Waals surface area contributed by atoms with Crippen LogP contribution < -0.4 is 10.6 Å². The molecule has 3 aromatic carbocycles. The number of hydrogen-bond acceptors (Lipinski definition) is 0. The molecule has 1 unspecified atom stereocenters. The van der Waals surface area contributed by atoms with Gasteiger partial charge in [0.1, 0.15) is 0 Å². The summed E-state index contributed by atoms with van der Waals surface area (Å²) in [5, 5.41) is 4.26. The van der Waals surface area contributed by atoms with Crippen LogP contribution in [0.3, 0.4) is 0 Å². The maximum absolute atomic E-state index is 2.34. The molecule has 0 bridgehead atoms. The van der Waals surface area contributed by atoms with Crippen molar-refractivity contribution < 1.29 is 0 Å². The quantitative estimate of drug-likeness (QED) is 0.471. The highest BCUT2D eigenvalue weighted by Crippen LogP contribution is 2.54. The summed E-state index contributed by atoms with van der Waals surface area (Å²) >= 11 is 0. The topological polar surface area (TPSA) is 0 Å². The standard InChI is InChI=1S/C27H21P/c1-3-13-23(14-4-1)28(24-15-5-2-6-16-24)27-25-17-9-7-11-21(25)19-20-22-12-8-10-18-26(22)27/h1-21H. The average molecular weight is 376 g/mol. The molecule has 0 saturated heterocycles. The van der Waals surface area contributed by atoms with Crippen LogP contribution in [-0.4, -0.2) is 0 Å². The molecule has 1 heteroatoms. The van der Waals surface area contributed by atoms with E-state index in [2.05, 4.69) is 121 Å². The van der Waals surface area contributed by atoms with E-state index < -0.39 is 7.92 Å². The molecular weight excluding hydrogens is 355 g/mol. The van der Waals surface area contributed by atoms with Gasteiger partial charge in [0.05, 0.1) is 0 Å². The Kier molecular flexibility index (Phi) is 4.65. The molecule has 0 radical (unpaired) electrons. The van der Waals surface area contributed by atoms with E-state index in [-0.39, 0.29) is 0 Å². The summed E-state index contributed by atoms with van der Waals surface area (Å²) in [6.07, 6.45) is 13.6. The fourth-order valence-electron chi connectivity index (χ4n) is 3.99. The molecule has 28 heavy (non-hydrogen) atoms. The molecule has 5 rings (SSSR count). The summed E-state index contributed by atoms with van der Waals surface area (Å²) in [7, 11) is -0.662. The molecule has 0 nitrogen and oxygen atoms in total. The maximum atomic E-state index is 2.34. The van der Waals surface area contributed by atoms with Crippen molar-refractivity contribution in [3.63, 3.8) is 0 Å². The van der Waals surface area contributed by atoms with Crippen LogP contribution in [0.1, 0.15) is 11.1 Å². The van der Waals surface area contributed by atoms with Crippen molar-refractivity contribution >= 4 is 29.9 Å². The van der Waals surface area contributed by atoms with Crippen LogP contribution in [0.2, 0.25) is 0 Å². The maximum Gasteiger partial charge on any atom is 0.0211 e. The van der Waals surface area contributed by atoms with Crippen molar-refractivity contribution in [1.82, 2.24) is 0 Å². The Balaban J connectivity index is 1.83. The Morgan fingerprint density at radius 3 is 1.93 bits per heavy atom. The van der Waals surface area contributed by atoms with E-state index in [1.807, 2.05) is 0 Å². The monoisotopic (exact) mass is 376 g/mol. The molecule has 0 saturated carbocycles. The summed E-state index contributed by atoms with van der Waals surface area (Å²) in [5.41, 5.74) is 4.08. The van der Waals surface area contributed by atoms with Crippen LogP contribution in [-0.2, 0) is 0 Å². The molecule has 0 aromatic heterocycles. The predicted octanol–water partition coefficient (Wildman–Crippen LogP) is 6.30. The second-order valence-electron chi connectivity index (χ2n) is 7.03. The fraction of sp³-hybridized carbons (Fsp3) is 0.0370. The smallest absolute Gasteiger partial charge is 0.0211 e. The zero-order valence-electron chi connectivity index (χ0n) is 15.6. The molecule has 0 aliphatic heterocycles. The normalized spacial score (nSPS) is 17.4. The summed E-state index contributed by atoms with van der Waals surface area (Å²) in [6.45, 7) is 0. The minimum atomic E-state index is -0.662. The molecule has 3 aromatic rings. The van der Waals surface area contributed by atoms with Gasteiger partial charge >= 0.3 is 0 Å². The lowest BCUT2D eigenvalue weighted by Gasteiger charge is -2.27. The van der Waals surface area contributed by atoms with E-state index in [1.54, 1.807) is 0 Å². The van der Waals surface area contributed by atoms with Crippen LogP contribution >= 0.6 is 7.92 Å². The molecule has 134 valence electrons. The van der Waals surface area contributed by atoms with Crippen molar-refractivity contribution in [3.05, 3.63) is 132 Å². The first kappa shape index (κ1) is 17.2. The minimum absolute atomic E-state index is 0.324. The van der Waals surface area contributed by atoms with E-state index in [0.717, 1.165) is 0 Å². The van der Waals surface area contributed by atoms with Gasteiger partial charge < -0.3 is 0 Å². The number of rotatable bonds is 3. The first-order chi connectivity index (χ1) is 13.9. The Morgan fingerprint density at radius 1 is 0.571 bits per heavy atom. The molecule has 0 spiro atoms. The fourth-order valence-corrected chi connectivity index (χ4v) is 6.68. The van der Waals surface area contributed by atoms with Crippen LogP contribution in [0.15, 0.2) is 121 Å². The molecule has 0 amide bonds. The Hall–Kier alpha value is -2.95. The van der Waals surface area contributed by atoms with Gasteiger partial charge in [-0.05, 0) is 40.5 Å². The van der Waals surface area contributed by atoms with E-state index in [0.29, 0.717) is 5.92 Å². The van der Waals surface area contributed by atoms with E-state index >= 15 is 0 Å². The Bertz CT molecular complexity index is 1060. The third-order valence-electron chi connectivity index (χ3n) is 5.29. The van der Waals surface area contributed by atoms with Crippen LogP contribution in [0.25, 0.3) is 11.4 Å².